The summed E-state index contributed by atoms with van der Waals surface area (Å²) in [7, 11) is 0. The number of pyridine rings is 2. The first-order valence-corrected chi connectivity index (χ1v) is 20.1. The number of hydrogen-bond donors (Lipinski definition) is 1. The number of Topliss-reactive ketones (excluding diaryl/α,β-unsaturated/α-hetero) is 1. The number of aromatic nitrogens is 6. The van der Waals surface area contributed by atoms with Gasteiger partial charge in [-0.15, -0.1) is 0 Å². The topological polar surface area (TPSA) is 145 Å². The third-order valence-electron chi connectivity index (χ3n) is 11.7. The van der Waals surface area contributed by atoms with Gasteiger partial charge in [-0.2, -0.15) is 5.10 Å². The first kappa shape index (κ1) is 37.6. The summed E-state index contributed by atoms with van der Waals surface area (Å²) < 4.78 is 8.67. The van der Waals surface area contributed by atoms with Gasteiger partial charge in [-0.1, -0.05) is 31.2 Å². The molecular weight excluding hydrogens is 772 g/mol. The summed E-state index contributed by atoms with van der Waals surface area (Å²) in [6.45, 7) is 7.50. The molecule has 0 spiro atoms. The van der Waals surface area contributed by atoms with E-state index in [1.807, 2.05) is 50.2 Å². The van der Waals surface area contributed by atoms with E-state index in [9.17, 15) is 14.4 Å². The Morgan fingerprint density at radius 2 is 1.79 bits per heavy atom. The van der Waals surface area contributed by atoms with Crippen molar-refractivity contribution in [1.82, 2.24) is 34.6 Å². The first-order chi connectivity index (χ1) is 27.0. The molecule has 1 saturated heterocycles. The molecule has 2 fully saturated rings. The summed E-state index contributed by atoms with van der Waals surface area (Å²) in [6, 6.07) is 12.6. The molecule has 4 aromatic heterocycles. The number of ether oxygens (including phenoxy) is 1. The van der Waals surface area contributed by atoms with Crippen molar-refractivity contribution in [2.45, 2.75) is 91.3 Å². The molecule has 1 aromatic carbocycles. The van der Waals surface area contributed by atoms with Crippen molar-refractivity contribution in [2.24, 2.45) is 11.3 Å². The van der Waals surface area contributed by atoms with Crippen LogP contribution in [0.5, 0.6) is 5.88 Å². The van der Waals surface area contributed by atoms with Crippen LogP contribution < -0.4 is 10.1 Å². The number of ketones is 1. The van der Waals surface area contributed by atoms with Crippen LogP contribution >= 0.6 is 15.9 Å². The molecule has 4 atom stereocenters. The van der Waals surface area contributed by atoms with E-state index in [1.54, 1.807) is 22.0 Å². The fraction of sp³-hybridized carbons (Fsp3) is 0.395. The molecule has 5 aromatic rings. The summed E-state index contributed by atoms with van der Waals surface area (Å²) >= 11 is 3.42. The summed E-state index contributed by atoms with van der Waals surface area (Å²) in [5.41, 5.74) is 5.05. The lowest BCUT2D eigenvalue weighted by Gasteiger charge is -2.28. The van der Waals surface area contributed by atoms with Gasteiger partial charge in [0, 0.05) is 53.5 Å². The van der Waals surface area contributed by atoms with E-state index in [-0.39, 0.29) is 36.1 Å². The number of rotatable bonds is 4. The average molecular weight is 818 g/mol. The van der Waals surface area contributed by atoms with E-state index in [1.165, 1.54) is 6.92 Å². The average Bonchev–Trinajstić information content (AvgIpc) is 3.43. The number of nitrogens with zero attached hydrogens (tertiary/aromatic N) is 7. The third kappa shape index (κ3) is 7.24. The fourth-order valence-corrected chi connectivity index (χ4v) is 8.93. The second kappa shape index (κ2) is 15.3. The minimum absolute atomic E-state index is 0.0735. The highest BCUT2D eigenvalue weighted by Crippen LogP contribution is 2.64. The SMILES string of the molecule is CC(=O)c1nn2c3c(cc(-c4cnc(C)nc4)cc13)CCCC/C=C/CCc1cccc(n1)OC[C@@]13C[C@@H](C(=O)Nc4nc(Br)ccc4C)N(C(=O)C2)C1[C@@H]3C. The maximum atomic E-state index is 14.8. The Hall–Kier alpha value is -5.30. The normalized spacial score (nSPS) is 23.1. The smallest absolute Gasteiger partial charge is 0.248 e. The van der Waals surface area contributed by atoms with Gasteiger partial charge in [-0.25, -0.2) is 19.9 Å². The molecule has 2 amide bonds. The summed E-state index contributed by atoms with van der Waals surface area (Å²) in [5.74, 6) is 0.950. The number of piperidine rings is 1. The van der Waals surface area contributed by atoms with Gasteiger partial charge in [-0.3, -0.25) is 19.1 Å². The van der Waals surface area contributed by atoms with E-state index in [2.05, 4.69) is 61.3 Å². The lowest BCUT2D eigenvalue weighted by molar-refractivity contribution is -0.138. The Morgan fingerprint density at radius 3 is 2.59 bits per heavy atom. The van der Waals surface area contributed by atoms with Gasteiger partial charge in [0.2, 0.25) is 17.7 Å². The van der Waals surface area contributed by atoms with Crippen molar-refractivity contribution >= 4 is 50.2 Å². The minimum Gasteiger partial charge on any atom is -0.477 e. The Morgan fingerprint density at radius 1 is 0.982 bits per heavy atom. The molecule has 56 heavy (non-hydrogen) atoms. The summed E-state index contributed by atoms with van der Waals surface area (Å²) in [6.07, 6.45) is 13.6. The molecule has 288 valence electrons. The maximum Gasteiger partial charge on any atom is 0.248 e. The van der Waals surface area contributed by atoms with Gasteiger partial charge in [-0.05, 0) is 122 Å². The maximum absolute atomic E-state index is 14.8. The molecule has 1 unspecified atom stereocenters. The number of aryl methyl sites for hydroxylation is 4. The third-order valence-corrected chi connectivity index (χ3v) is 12.1. The number of carbonyl (C=O) groups excluding carboxylic acids is 3. The van der Waals surface area contributed by atoms with E-state index in [4.69, 9.17) is 14.8 Å². The molecule has 13 heteroatoms. The van der Waals surface area contributed by atoms with Crippen molar-refractivity contribution in [3.63, 3.8) is 0 Å². The molecule has 6 heterocycles. The van der Waals surface area contributed by atoms with Crippen LogP contribution in [0.25, 0.3) is 22.0 Å². The molecule has 0 radical (unpaired) electrons. The van der Waals surface area contributed by atoms with Gasteiger partial charge in [0.1, 0.15) is 34.5 Å². The van der Waals surface area contributed by atoms with Gasteiger partial charge in [0.05, 0.1) is 12.1 Å². The monoisotopic (exact) mass is 816 g/mol. The molecule has 3 aliphatic rings. The molecule has 8 rings (SSSR count). The van der Waals surface area contributed by atoms with E-state index in [0.717, 1.165) is 65.6 Å². The number of amides is 2. The van der Waals surface area contributed by atoms with Crippen molar-refractivity contribution in [1.29, 1.82) is 0 Å². The number of halogens is 1. The zero-order valence-corrected chi connectivity index (χ0v) is 33.7. The Balaban J connectivity index is 1.20. The zero-order chi connectivity index (χ0) is 39.1. The molecule has 4 bridgehead atoms. The number of fused-ring (bicyclic) bond motifs is 2. The zero-order valence-electron chi connectivity index (χ0n) is 32.1. The predicted octanol–water partition coefficient (Wildman–Crippen LogP) is 7.40. The van der Waals surface area contributed by atoms with Crippen LogP contribution in [-0.4, -0.2) is 70.9 Å². The van der Waals surface area contributed by atoms with Crippen LogP contribution in [0.2, 0.25) is 0 Å². The van der Waals surface area contributed by atoms with Crippen molar-refractivity contribution in [2.75, 3.05) is 11.9 Å². The number of benzene rings is 1. The highest BCUT2D eigenvalue weighted by Gasteiger charge is 2.73. The predicted molar refractivity (Wildman–Crippen MR) is 216 cm³/mol. The summed E-state index contributed by atoms with van der Waals surface area (Å²) in [5, 5.41) is 8.52. The number of anilines is 1. The van der Waals surface area contributed by atoms with Crippen LogP contribution in [0.3, 0.4) is 0 Å². The quantitative estimate of drug-likeness (QED) is 0.111. The Bertz CT molecular complexity index is 2380. The molecule has 1 aliphatic carbocycles. The summed E-state index contributed by atoms with van der Waals surface area (Å²) in [4.78, 5) is 62.2. The molecular formula is C43H45BrN8O4. The van der Waals surface area contributed by atoms with Crippen LogP contribution in [0, 0.1) is 25.2 Å². The highest BCUT2D eigenvalue weighted by molar-refractivity contribution is 9.10. The standard InChI is InChI=1S/C43H45BrN8O4/c1-25-16-17-35(44)48-41(25)49-42(55)34-20-43-24-56-36-15-11-14-32(47-36)13-10-8-6-5-7-9-12-29-18-30(31-21-45-28(4)46-22-31)19-33-38(27(3)53)50-51(39(29)33)23-37(54)52(34)40(43)26(43)2/h6,8,11,14-19,21-22,26,34,40H,5,7,9-10,12-13,20,23-24H2,1-4H3,(H,48,49,55)/b8-6+/t26-,34-,40?,43+/m0/s1. The number of carbonyl (C=O) groups is 3. The van der Waals surface area contributed by atoms with E-state index >= 15 is 0 Å². The lowest BCUT2D eigenvalue weighted by atomic mass is 9.96. The van der Waals surface area contributed by atoms with Crippen molar-refractivity contribution < 1.29 is 19.1 Å². The largest absolute Gasteiger partial charge is 0.477 e. The second-order valence-corrected chi connectivity index (χ2v) is 16.2. The highest BCUT2D eigenvalue weighted by atomic mass is 79.9. The minimum atomic E-state index is -0.780. The van der Waals surface area contributed by atoms with Crippen LogP contribution in [0.15, 0.2) is 71.6 Å². The second-order valence-electron chi connectivity index (χ2n) is 15.4. The van der Waals surface area contributed by atoms with Crippen LogP contribution in [-0.2, 0) is 29.0 Å². The van der Waals surface area contributed by atoms with Crippen LogP contribution in [0.4, 0.5) is 5.82 Å². The van der Waals surface area contributed by atoms with E-state index in [0.29, 0.717) is 52.7 Å². The fourth-order valence-electron chi connectivity index (χ4n) is 8.62. The van der Waals surface area contributed by atoms with Crippen molar-refractivity contribution in [3.05, 3.63) is 100.0 Å². The molecule has 1 saturated carbocycles. The number of hydrogen-bond acceptors (Lipinski definition) is 9. The van der Waals surface area contributed by atoms with Gasteiger partial charge in [0.15, 0.2) is 5.78 Å². The first-order valence-electron chi connectivity index (χ1n) is 19.3. The Labute approximate surface area is 334 Å². The number of allylic oxidation sites excluding steroid dienone is 2. The Kier molecular flexibility index (Phi) is 10.3. The molecule has 1 N–H and O–H groups in total. The molecule has 2 aliphatic heterocycles. The van der Waals surface area contributed by atoms with E-state index < -0.39 is 11.5 Å². The number of nitrogens with one attached hydrogen (secondary N) is 1. The van der Waals surface area contributed by atoms with Gasteiger partial charge >= 0.3 is 0 Å². The van der Waals surface area contributed by atoms with Crippen LogP contribution in [0.1, 0.15) is 79.1 Å². The van der Waals surface area contributed by atoms with Gasteiger partial charge < -0.3 is 15.0 Å². The molecule has 12 nitrogen and oxygen atoms in total. The lowest BCUT2D eigenvalue weighted by Crippen LogP contribution is -2.47. The van der Waals surface area contributed by atoms with Gasteiger partial charge in [0.25, 0.3) is 0 Å². The van der Waals surface area contributed by atoms with Crippen molar-refractivity contribution in [3.8, 4) is 17.0 Å².